The van der Waals surface area contributed by atoms with Gasteiger partial charge in [-0.2, -0.15) is 10.2 Å². The number of hydrogen-bond acceptors (Lipinski definition) is 8. The number of piperidine rings is 2. The third kappa shape index (κ3) is 5.00. The molecule has 0 bridgehead atoms. The normalized spacial score (nSPS) is 20.9. The number of benzene rings is 1. The van der Waals surface area contributed by atoms with Gasteiger partial charge in [-0.05, 0) is 44.7 Å². The lowest BCUT2D eigenvalue weighted by atomic mass is 9.83. The Labute approximate surface area is 183 Å². The zero-order valence-electron chi connectivity index (χ0n) is 18.2. The molecule has 2 saturated heterocycles. The number of anilines is 3. The van der Waals surface area contributed by atoms with Gasteiger partial charge in [0, 0.05) is 36.5 Å². The van der Waals surface area contributed by atoms with Crippen LogP contribution in [0.5, 0.6) is 11.5 Å². The van der Waals surface area contributed by atoms with E-state index < -0.39 is 0 Å². The third-order valence-corrected chi connectivity index (χ3v) is 6.28. The van der Waals surface area contributed by atoms with Gasteiger partial charge >= 0.3 is 0 Å². The zero-order chi connectivity index (χ0) is 21.6. The smallest absolute Gasteiger partial charge is 0.229 e. The van der Waals surface area contributed by atoms with E-state index in [-0.39, 0.29) is 0 Å². The molecule has 2 aromatic rings. The lowest BCUT2D eigenvalue weighted by Crippen LogP contribution is -2.49. The molecule has 4 rings (SSSR count). The molecule has 164 valence electrons. The number of rotatable bonds is 7. The largest absolute Gasteiger partial charge is 0.497 e. The maximum atomic E-state index is 9.53. The zero-order valence-corrected chi connectivity index (χ0v) is 18.2. The van der Waals surface area contributed by atoms with Crippen molar-refractivity contribution in [3.05, 3.63) is 30.0 Å². The second kappa shape index (κ2) is 9.84. The molecule has 2 atom stereocenters. The molecular formula is C23H30N6O2. The van der Waals surface area contributed by atoms with Crippen molar-refractivity contribution < 1.29 is 9.47 Å². The summed E-state index contributed by atoms with van der Waals surface area (Å²) in [5.74, 6) is 2.91. The van der Waals surface area contributed by atoms with E-state index in [9.17, 15) is 5.26 Å². The second-order valence-electron chi connectivity index (χ2n) is 8.18. The average molecular weight is 423 g/mol. The van der Waals surface area contributed by atoms with Crippen LogP contribution in [0, 0.1) is 17.2 Å². The van der Waals surface area contributed by atoms with Crippen LogP contribution in [0.1, 0.15) is 37.7 Å². The summed E-state index contributed by atoms with van der Waals surface area (Å²) >= 11 is 0. The summed E-state index contributed by atoms with van der Waals surface area (Å²) in [6.07, 6.45) is 7.91. The Morgan fingerprint density at radius 3 is 2.61 bits per heavy atom. The van der Waals surface area contributed by atoms with Gasteiger partial charge in [-0.15, -0.1) is 0 Å². The van der Waals surface area contributed by atoms with Crippen molar-refractivity contribution in [2.45, 2.75) is 38.1 Å². The Kier molecular flexibility index (Phi) is 6.73. The van der Waals surface area contributed by atoms with Gasteiger partial charge in [0.25, 0.3) is 0 Å². The van der Waals surface area contributed by atoms with Crippen molar-refractivity contribution in [2.24, 2.45) is 5.92 Å². The monoisotopic (exact) mass is 422 g/mol. The summed E-state index contributed by atoms with van der Waals surface area (Å²) in [6.45, 7) is 3.26. The maximum Gasteiger partial charge on any atom is 0.229 e. The van der Waals surface area contributed by atoms with Gasteiger partial charge in [-0.3, -0.25) is 0 Å². The van der Waals surface area contributed by atoms with Gasteiger partial charge in [0.1, 0.15) is 28.9 Å². The SMILES string of the molecule is COc1cc(Nc2ncc(C#N)c(NCC3CCCN4CCCCC34)n2)cc(OC)c1. The Hall–Kier alpha value is -3.05. The first-order valence-corrected chi connectivity index (χ1v) is 11.0. The highest BCUT2D eigenvalue weighted by molar-refractivity contribution is 5.62. The van der Waals surface area contributed by atoms with Gasteiger partial charge in [-0.25, -0.2) is 4.98 Å². The molecular weight excluding hydrogens is 392 g/mol. The molecule has 2 aliphatic rings. The molecule has 0 spiro atoms. The van der Waals surface area contributed by atoms with Crippen LogP contribution in [0.4, 0.5) is 17.5 Å². The predicted octanol–water partition coefficient (Wildman–Crippen LogP) is 3.79. The van der Waals surface area contributed by atoms with Gasteiger partial charge in [0.15, 0.2) is 0 Å². The van der Waals surface area contributed by atoms with Crippen LogP contribution >= 0.6 is 0 Å². The number of ether oxygens (including phenoxy) is 2. The molecule has 2 fully saturated rings. The molecule has 0 amide bonds. The summed E-state index contributed by atoms with van der Waals surface area (Å²) in [5, 5.41) is 16.2. The molecule has 2 aliphatic heterocycles. The Morgan fingerprint density at radius 2 is 1.87 bits per heavy atom. The summed E-state index contributed by atoms with van der Waals surface area (Å²) < 4.78 is 10.6. The molecule has 8 nitrogen and oxygen atoms in total. The van der Waals surface area contributed by atoms with E-state index in [0.29, 0.717) is 40.8 Å². The molecule has 0 radical (unpaired) electrons. The van der Waals surface area contributed by atoms with Crippen molar-refractivity contribution in [2.75, 3.05) is 44.5 Å². The maximum absolute atomic E-state index is 9.53. The van der Waals surface area contributed by atoms with E-state index >= 15 is 0 Å². The number of hydrogen-bond donors (Lipinski definition) is 2. The second-order valence-corrected chi connectivity index (χ2v) is 8.18. The Balaban J connectivity index is 1.48. The fraction of sp³-hybridized carbons (Fsp3) is 0.522. The molecule has 1 aromatic carbocycles. The van der Waals surface area contributed by atoms with E-state index in [0.717, 1.165) is 12.2 Å². The van der Waals surface area contributed by atoms with Gasteiger partial charge in [-0.1, -0.05) is 6.42 Å². The van der Waals surface area contributed by atoms with Gasteiger partial charge in [0.05, 0.1) is 20.4 Å². The van der Waals surface area contributed by atoms with Crippen LogP contribution in [0.15, 0.2) is 24.4 Å². The van der Waals surface area contributed by atoms with E-state index in [2.05, 4.69) is 31.6 Å². The van der Waals surface area contributed by atoms with Gasteiger partial charge < -0.3 is 25.0 Å². The summed E-state index contributed by atoms with van der Waals surface area (Å²) in [7, 11) is 3.22. The van der Waals surface area contributed by atoms with Crippen LogP contribution in [0.2, 0.25) is 0 Å². The van der Waals surface area contributed by atoms with Crippen LogP contribution < -0.4 is 20.1 Å². The number of fused-ring (bicyclic) bond motifs is 1. The molecule has 8 heteroatoms. The molecule has 0 aliphatic carbocycles. The van der Waals surface area contributed by atoms with E-state index in [1.54, 1.807) is 26.5 Å². The predicted molar refractivity (Wildman–Crippen MR) is 120 cm³/mol. The molecule has 1 aromatic heterocycles. The molecule has 3 heterocycles. The van der Waals surface area contributed by atoms with Crippen LogP contribution in [-0.2, 0) is 0 Å². The standard InChI is InChI=1S/C23H30N6O2/c1-30-19-10-18(11-20(12-19)31-2)27-23-26-15-17(13-24)22(28-23)25-14-16-6-5-9-29-8-4-3-7-21(16)29/h10-12,15-16,21H,3-9,14H2,1-2H3,(H2,25,26,27,28). The first-order chi connectivity index (χ1) is 15.2. The lowest BCUT2D eigenvalue weighted by Gasteiger charge is -2.44. The van der Waals surface area contributed by atoms with Crippen molar-refractivity contribution in [3.63, 3.8) is 0 Å². The highest BCUT2D eigenvalue weighted by Crippen LogP contribution is 2.31. The van der Waals surface area contributed by atoms with E-state index in [1.807, 2.05) is 12.1 Å². The average Bonchev–Trinajstić information content (AvgIpc) is 2.82. The number of aromatic nitrogens is 2. The fourth-order valence-corrected chi connectivity index (χ4v) is 4.71. The van der Waals surface area contributed by atoms with Gasteiger partial charge in [0.2, 0.25) is 5.95 Å². The van der Waals surface area contributed by atoms with Crippen molar-refractivity contribution >= 4 is 17.5 Å². The highest BCUT2D eigenvalue weighted by Gasteiger charge is 2.32. The quantitative estimate of drug-likeness (QED) is 0.696. The van der Waals surface area contributed by atoms with Crippen LogP contribution in [-0.4, -0.2) is 54.8 Å². The minimum Gasteiger partial charge on any atom is -0.497 e. The summed E-state index contributed by atoms with van der Waals surface area (Å²) in [6, 6.07) is 8.33. The summed E-state index contributed by atoms with van der Waals surface area (Å²) in [5.41, 5.74) is 1.20. The van der Waals surface area contributed by atoms with Crippen LogP contribution in [0.25, 0.3) is 0 Å². The first kappa shape index (κ1) is 21.2. The molecule has 31 heavy (non-hydrogen) atoms. The Morgan fingerprint density at radius 1 is 1.10 bits per heavy atom. The van der Waals surface area contributed by atoms with Crippen molar-refractivity contribution in [3.8, 4) is 17.6 Å². The van der Waals surface area contributed by atoms with Crippen molar-refractivity contribution in [1.82, 2.24) is 14.9 Å². The highest BCUT2D eigenvalue weighted by atomic mass is 16.5. The third-order valence-electron chi connectivity index (χ3n) is 6.28. The Bertz CT molecular complexity index is 920. The van der Waals surface area contributed by atoms with Crippen LogP contribution in [0.3, 0.4) is 0 Å². The minimum atomic E-state index is 0.416. The van der Waals surface area contributed by atoms with Crippen molar-refractivity contribution in [1.29, 1.82) is 5.26 Å². The summed E-state index contributed by atoms with van der Waals surface area (Å²) in [4.78, 5) is 11.5. The number of nitrogens with zero attached hydrogens (tertiary/aromatic N) is 4. The fourth-order valence-electron chi connectivity index (χ4n) is 4.71. The molecule has 0 saturated carbocycles. The van der Waals surface area contributed by atoms with E-state index in [1.165, 1.54) is 45.2 Å². The molecule has 2 N–H and O–H groups in total. The lowest BCUT2D eigenvalue weighted by molar-refractivity contribution is 0.0649. The topological polar surface area (TPSA) is 95.3 Å². The number of nitrogens with one attached hydrogen (secondary N) is 2. The number of methoxy groups -OCH3 is 2. The van der Waals surface area contributed by atoms with E-state index in [4.69, 9.17) is 9.47 Å². The first-order valence-electron chi connectivity index (χ1n) is 11.0. The minimum absolute atomic E-state index is 0.416. The molecule has 2 unspecified atom stereocenters. The number of nitriles is 1.